The third kappa shape index (κ3) is 5.11. The molecule has 1 heterocycles. The monoisotopic (exact) mass is 422 g/mol. The van der Waals surface area contributed by atoms with E-state index in [1.807, 2.05) is 0 Å². The Morgan fingerprint density at radius 2 is 1.93 bits per heavy atom. The van der Waals surface area contributed by atoms with Crippen molar-refractivity contribution in [3.63, 3.8) is 0 Å². The van der Waals surface area contributed by atoms with Crippen LogP contribution < -0.4 is 4.90 Å². The van der Waals surface area contributed by atoms with Crippen LogP contribution in [0.25, 0.3) is 11.3 Å². The first-order valence-corrected chi connectivity index (χ1v) is 7.88. The van der Waals surface area contributed by atoms with Crippen LogP contribution in [0.5, 0.6) is 0 Å². The van der Waals surface area contributed by atoms with E-state index in [9.17, 15) is 27.5 Å². The molecule has 0 unspecified atom stereocenters. The number of ether oxygens (including phenoxy) is 1. The highest BCUT2D eigenvalue weighted by atomic mass is 35.5. The fourth-order valence-corrected chi connectivity index (χ4v) is 2.48. The summed E-state index contributed by atoms with van der Waals surface area (Å²) in [5.41, 5.74) is -2.04. The van der Waals surface area contributed by atoms with Gasteiger partial charge in [-0.05, 0) is 24.6 Å². The first-order chi connectivity index (χ1) is 12.6. The Morgan fingerprint density at radius 1 is 1.29 bits per heavy atom. The summed E-state index contributed by atoms with van der Waals surface area (Å²) in [5, 5.41) is 9.37. The van der Waals surface area contributed by atoms with E-state index >= 15 is 0 Å². The molecule has 0 saturated heterocycles. The van der Waals surface area contributed by atoms with Crippen LogP contribution in [-0.4, -0.2) is 43.4 Å². The topological polar surface area (TPSA) is 62.7 Å². The highest BCUT2D eigenvalue weighted by Gasteiger charge is 2.38. The van der Waals surface area contributed by atoms with E-state index in [-0.39, 0.29) is 42.6 Å². The maximum atomic E-state index is 13.9. The van der Waals surface area contributed by atoms with Crippen molar-refractivity contribution in [1.29, 1.82) is 0 Å². The Morgan fingerprint density at radius 3 is 2.43 bits per heavy atom. The van der Waals surface area contributed by atoms with Gasteiger partial charge in [-0.15, -0.1) is 12.4 Å². The molecule has 0 aliphatic heterocycles. The van der Waals surface area contributed by atoms with E-state index in [1.165, 1.54) is 38.1 Å². The lowest BCUT2D eigenvalue weighted by molar-refractivity contribution is -0.138. The molecular formula is C18H19ClF4N2O3. The van der Waals surface area contributed by atoms with E-state index in [1.54, 1.807) is 0 Å². The Bertz CT molecular complexity index is 859. The number of aromatic carboxylic acids is 1. The van der Waals surface area contributed by atoms with Gasteiger partial charge in [0.1, 0.15) is 17.2 Å². The average molecular weight is 423 g/mol. The molecule has 28 heavy (non-hydrogen) atoms. The van der Waals surface area contributed by atoms with Gasteiger partial charge in [0, 0.05) is 26.3 Å². The molecule has 0 bridgehead atoms. The Kier molecular flexibility index (Phi) is 7.77. The second-order valence-corrected chi connectivity index (χ2v) is 5.93. The van der Waals surface area contributed by atoms with Crippen LogP contribution in [0.4, 0.5) is 23.4 Å². The molecule has 1 aromatic heterocycles. The van der Waals surface area contributed by atoms with Gasteiger partial charge in [0.25, 0.3) is 0 Å². The number of halogens is 5. The maximum Gasteiger partial charge on any atom is 0.417 e. The zero-order valence-corrected chi connectivity index (χ0v) is 16.1. The molecule has 10 heteroatoms. The largest absolute Gasteiger partial charge is 0.478 e. The normalized spacial score (nSPS) is 11.1. The number of hydrogen-bond acceptors (Lipinski definition) is 4. The number of methoxy groups -OCH3 is 1. The molecule has 154 valence electrons. The molecule has 5 nitrogen and oxygen atoms in total. The van der Waals surface area contributed by atoms with Gasteiger partial charge in [0.15, 0.2) is 0 Å². The SMILES string of the molecule is COCCN(C)c1nc(-c2ccc(C)c(F)c2)cc(C(F)(F)F)c1C(=O)O.Cl. The zero-order valence-electron chi connectivity index (χ0n) is 15.3. The van der Waals surface area contributed by atoms with E-state index in [4.69, 9.17) is 4.74 Å². The van der Waals surface area contributed by atoms with Crippen molar-refractivity contribution in [2.75, 3.05) is 32.2 Å². The van der Waals surface area contributed by atoms with Crippen LogP contribution in [0.1, 0.15) is 21.5 Å². The van der Waals surface area contributed by atoms with Gasteiger partial charge in [0.05, 0.1) is 17.9 Å². The Labute approximate surface area is 165 Å². The van der Waals surface area contributed by atoms with Crippen molar-refractivity contribution in [3.8, 4) is 11.3 Å². The summed E-state index contributed by atoms with van der Waals surface area (Å²) in [5.74, 6) is -2.72. The van der Waals surface area contributed by atoms with Gasteiger partial charge in [-0.25, -0.2) is 14.2 Å². The number of likely N-dealkylation sites (N-methyl/N-ethyl adjacent to an activating group) is 1. The lowest BCUT2D eigenvalue weighted by Gasteiger charge is -2.23. The Hall–Kier alpha value is -2.39. The summed E-state index contributed by atoms with van der Waals surface area (Å²) >= 11 is 0. The second-order valence-electron chi connectivity index (χ2n) is 5.93. The van der Waals surface area contributed by atoms with Crippen LogP contribution in [-0.2, 0) is 10.9 Å². The first-order valence-electron chi connectivity index (χ1n) is 7.88. The van der Waals surface area contributed by atoms with Gasteiger partial charge in [0.2, 0.25) is 0 Å². The van der Waals surface area contributed by atoms with Gasteiger partial charge in [-0.2, -0.15) is 13.2 Å². The van der Waals surface area contributed by atoms with Crippen molar-refractivity contribution < 1.29 is 32.2 Å². The van der Waals surface area contributed by atoms with Crippen LogP contribution >= 0.6 is 12.4 Å². The zero-order chi connectivity index (χ0) is 20.4. The first kappa shape index (κ1) is 23.6. The fraction of sp³-hybridized carbons (Fsp3) is 0.333. The van der Waals surface area contributed by atoms with Crippen LogP contribution in [0.2, 0.25) is 0 Å². The molecule has 0 spiro atoms. The van der Waals surface area contributed by atoms with Gasteiger partial charge < -0.3 is 14.7 Å². The smallest absolute Gasteiger partial charge is 0.417 e. The molecule has 0 amide bonds. The highest BCUT2D eigenvalue weighted by molar-refractivity contribution is 5.96. The number of rotatable bonds is 6. The minimum atomic E-state index is -4.93. The number of hydrogen-bond donors (Lipinski definition) is 1. The second kappa shape index (κ2) is 9.20. The number of aryl methyl sites for hydroxylation is 1. The summed E-state index contributed by atoms with van der Waals surface area (Å²) in [7, 11) is 2.82. The molecule has 0 radical (unpaired) electrons. The number of carbonyl (C=O) groups is 1. The molecule has 2 rings (SSSR count). The van der Waals surface area contributed by atoms with Crippen molar-refractivity contribution in [3.05, 3.63) is 46.8 Å². The molecule has 0 aliphatic rings. The summed E-state index contributed by atoms with van der Waals surface area (Å²) < 4.78 is 59.4. The molecule has 0 aliphatic carbocycles. The van der Waals surface area contributed by atoms with Crippen LogP contribution in [0, 0.1) is 12.7 Å². The maximum absolute atomic E-state index is 13.9. The molecule has 0 saturated carbocycles. The van der Waals surface area contributed by atoms with Crippen LogP contribution in [0.15, 0.2) is 24.3 Å². The molecule has 1 N–H and O–H groups in total. The average Bonchev–Trinajstić information content (AvgIpc) is 2.59. The summed E-state index contributed by atoms with van der Waals surface area (Å²) in [6.45, 7) is 1.79. The summed E-state index contributed by atoms with van der Waals surface area (Å²) in [4.78, 5) is 16.9. The minimum Gasteiger partial charge on any atom is -0.478 e. The number of anilines is 1. The standard InChI is InChI=1S/C18H18F4N2O3.ClH/c1-10-4-5-11(8-13(10)19)14-9-12(18(20,21)22)15(17(25)26)16(23-14)24(2)6-7-27-3;/h4-5,8-9H,6-7H2,1-3H3,(H,25,26);1H. The van der Waals surface area contributed by atoms with E-state index in [0.717, 1.165) is 6.07 Å². The van der Waals surface area contributed by atoms with Crippen molar-refractivity contribution >= 4 is 24.2 Å². The Balaban J connectivity index is 0.00000392. The summed E-state index contributed by atoms with van der Waals surface area (Å²) in [6, 6.07) is 4.54. The number of carboxylic acids is 1. The number of pyridine rings is 1. The number of nitrogens with zero attached hydrogens (tertiary/aromatic N) is 2. The summed E-state index contributed by atoms with van der Waals surface area (Å²) in [6.07, 6.45) is -4.93. The molecule has 0 fully saturated rings. The van der Waals surface area contributed by atoms with Crippen molar-refractivity contribution in [2.24, 2.45) is 0 Å². The lowest BCUT2D eigenvalue weighted by atomic mass is 10.0. The fourth-order valence-electron chi connectivity index (χ4n) is 2.48. The van der Waals surface area contributed by atoms with Crippen molar-refractivity contribution in [1.82, 2.24) is 4.98 Å². The van der Waals surface area contributed by atoms with Crippen LogP contribution in [0.3, 0.4) is 0 Å². The van der Waals surface area contributed by atoms with Gasteiger partial charge in [-0.1, -0.05) is 12.1 Å². The van der Waals surface area contributed by atoms with Gasteiger partial charge >= 0.3 is 12.1 Å². The molecule has 1 aromatic carbocycles. The molecular weight excluding hydrogens is 404 g/mol. The highest BCUT2D eigenvalue weighted by Crippen LogP contribution is 2.38. The number of aromatic nitrogens is 1. The third-order valence-corrected chi connectivity index (χ3v) is 3.98. The molecule has 0 atom stereocenters. The minimum absolute atomic E-state index is 0. The van der Waals surface area contributed by atoms with E-state index < -0.39 is 29.1 Å². The molecule has 2 aromatic rings. The van der Waals surface area contributed by atoms with Crippen molar-refractivity contribution in [2.45, 2.75) is 13.1 Å². The number of alkyl halides is 3. The number of benzene rings is 1. The predicted octanol–water partition coefficient (Wildman–Crippen LogP) is 4.42. The lowest BCUT2D eigenvalue weighted by Crippen LogP contribution is -2.27. The third-order valence-electron chi connectivity index (χ3n) is 3.98. The van der Waals surface area contributed by atoms with E-state index in [2.05, 4.69) is 4.98 Å². The van der Waals surface area contributed by atoms with E-state index in [0.29, 0.717) is 11.6 Å². The van der Waals surface area contributed by atoms with Gasteiger partial charge in [-0.3, -0.25) is 0 Å². The quantitative estimate of drug-likeness (QED) is 0.698. The predicted molar refractivity (Wildman–Crippen MR) is 98.7 cm³/mol. The number of carboxylic acid groups (broad SMARTS) is 1.